The smallest absolute Gasteiger partial charge is 0.339 e. The number of cyclic esters (lactones) is 1. The van der Waals surface area contributed by atoms with Crippen molar-refractivity contribution in [1.82, 2.24) is 4.98 Å². The number of hydrogen-bond acceptors (Lipinski definition) is 5. The summed E-state index contributed by atoms with van der Waals surface area (Å²) in [4.78, 5) is 27.2. The Kier molecular flexibility index (Phi) is 3.17. The van der Waals surface area contributed by atoms with E-state index in [1.54, 1.807) is 18.3 Å². The molecule has 0 saturated heterocycles. The maximum atomic E-state index is 11.6. The molecule has 1 aliphatic rings. The van der Waals surface area contributed by atoms with Gasteiger partial charge in [-0.05, 0) is 30.2 Å². The quantitative estimate of drug-likeness (QED) is 0.792. The summed E-state index contributed by atoms with van der Waals surface area (Å²) >= 11 is 0. The van der Waals surface area contributed by atoms with Crippen LogP contribution in [-0.4, -0.2) is 24.0 Å². The van der Waals surface area contributed by atoms with Gasteiger partial charge in [-0.2, -0.15) is 0 Å². The molecule has 0 N–H and O–H groups in total. The largest absolute Gasteiger partial charge is 0.465 e. The molecule has 0 unspecified atom stereocenters. The Bertz CT molecular complexity index is 752. The van der Waals surface area contributed by atoms with E-state index in [1.807, 2.05) is 13.0 Å². The molecule has 5 heteroatoms. The SMILES string of the molecule is COC(=O)c1cncc(-c2ccc3c(c2C)COC3=O)c1. The second-order valence-electron chi connectivity index (χ2n) is 4.79. The van der Waals surface area contributed by atoms with Crippen molar-refractivity contribution in [3.63, 3.8) is 0 Å². The molecule has 106 valence electrons. The van der Waals surface area contributed by atoms with E-state index in [0.717, 1.165) is 22.3 Å². The highest BCUT2D eigenvalue weighted by atomic mass is 16.5. The van der Waals surface area contributed by atoms with E-state index >= 15 is 0 Å². The van der Waals surface area contributed by atoms with Crippen molar-refractivity contribution in [2.45, 2.75) is 13.5 Å². The lowest BCUT2D eigenvalue weighted by molar-refractivity contribution is 0.0533. The molecule has 1 aromatic carbocycles. The fourth-order valence-corrected chi connectivity index (χ4v) is 2.48. The topological polar surface area (TPSA) is 65.5 Å². The number of benzene rings is 1. The van der Waals surface area contributed by atoms with Gasteiger partial charge in [0.25, 0.3) is 0 Å². The van der Waals surface area contributed by atoms with Gasteiger partial charge in [0.2, 0.25) is 0 Å². The fourth-order valence-electron chi connectivity index (χ4n) is 2.48. The normalized spacial score (nSPS) is 12.8. The molecule has 0 saturated carbocycles. The Labute approximate surface area is 121 Å². The fraction of sp³-hybridized carbons (Fsp3) is 0.188. The molecule has 1 aliphatic heterocycles. The predicted octanol–water partition coefficient (Wildman–Crippen LogP) is 2.51. The van der Waals surface area contributed by atoms with Crippen LogP contribution in [0.3, 0.4) is 0 Å². The van der Waals surface area contributed by atoms with Gasteiger partial charge in [0, 0.05) is 23.5 Å². The number of carbonyl (C=O) groups excluding carboxylic acids is 2. The van der Waals surface area contributed by atoms with E-state index in [4.69, 9.17) is 9.47 Å². The zero-order valence-electron chi connectivity index (χ0n) is 11.7. The van der Waals surface area contributed by atoms with Gasteiger partial charge in [0.05, 0.1) is 18.2 Å². The van der Waals surface area contributed by atoms with Crippen LogP contribution in [0.25, 0.3) is 11.1 Å². The van der Waals surface area contributed by atoms with E-state index in [0.29, 0.717) is 11.1 Å². The molecule has 0 atom stereocenters. The highest BCUT2D eigenvalue weighted by molar-refractivity contribution is 5.95. The summed E-state index contributed by atoms with van der Waals surface area (Å²) in [5.41, 5.74) is 4.57. The first-order valence-corrected chi connectivity index (χ1v) is 6.45. The Balaban J connectivity index is 2.10. The average molecular weight is 283 g/mol. The lowest BCUT2D eigenvalue weighted by atomic mass is 9.94. The third kappa shape index (κ3) is 2.16. The first-order valence-electron chi connectivity index (χ1n) is 6.45. The van der Waals surface area contributed by atoms with Crippen LogP contribution >= 0.6 is 0 Å². The minimum absolute atomic E-state index is 0.290. The molecule has 0 bridgehead atoms. The van der Waals surface area contributed by atoms with Crippen LogP contribution in [0.5, 0.6) is 0 Å². The molecule has 5 nitrogen and oxygen atoms in total. The Morgan fingerprint density at radius 1 is 1.29 bits per heavy atom. The first-order chi connectivity index (χ1) is 10.1. The van der Waals surface area contributed by atoms with E-state index in [-0.39, 0.29) is 12.6 Å². The molecule has 0 amide bonds. The molecule has 0 aliphatic carbocycles. The number of pyridine rings is 1. The van der Waals surface area contributed by atoms with Crippen molar-refractivity contribution in [1.29, 1.82) is 0 Å². The van der Waals surface area contributed by atoms with Crippen molar-refractivity contribution in [2.24, 2.45) is 0 Å². The Morgan fingerprint density at radius 3 is 2.81 bits per heavy atom. The Morgan fingerprint density at radius 2 is 2.05 bits per heavy atom. The lowest BCUT2D eigenvalue weighted by Gasteiger charge is -2.10. The molecule has 2 aromatic rings. The second-order valence-corrected chi connectivity index (χ2v) is 4.79. The number of carbonyl (C=O) groups is 2. The summed E-state index contributed by atoms with van der Waals surface area (Å²) in [5, 5.41) is 0. The number of aromatic nitrogens is 1. The third-order valence-electron chi connectivity index (χ3n) is 3.64. The molecule has 1 aromatic heterocycles. The number of hydrogen-bond donors (Lipinski definition) is 0. The first kappa shape index (κ1) is 13.3. The van der Waals surface area contributed by atoms with Gasteiger partial charge in [-0.3, -0.25) is 4.98 Å². The zero-order chi connectivity index (χ0) is 15.0. The highest BCUT2D eigenvalue weighted by Gasteiger charge is 2.24. The summed E-state index contributed by atoms with van der Waals surface area (Å²) in [5.74, 6) is -0.720. The van der Waals surface area contributed by atoms with Crippen molar-refractivity contribution in [3.8, 4) is 11.1 Å². The molecular formula is C16H13NO4. The van der Waals surface area contributed by atoms with Crippen LogP contribution in [0.1, 0.15) is 31.8 Å². The minimum atomic E-state index is -0.429. The third-order valence-corrected chi connectivity index (χ3v) is 3.64. The number of fused-ring (bicyclic) bond motifs is 1. The molecule has 0 radical (unpaired) electrons. The standard InChI is InChI=1S/C16H13NO4/c1-9-12(3-4-13-14(9)8-21-16(13)19)10-5-11(7-17-6-10)15(18)20-2/h3-7H,8H2,1-2H3. The maximum Gasteiger partial charge on any atom is 0.339 e. The number of rotatable bonds is 2. The summed E-state index contributed by atoms with van der Waals surface area (Å²) in [6.07, 6.45) is 3.14. The van der Waals surface area contributed by atoms with Crippen LogP contribution in [0.2, 0.25) is 0 Å². The van der Waals surface area contributed by atoms with Crippen LogP contribution < -0.4 is 0 Å². The van der Waals surface area contributed by atoms with Crippen LogP contribution in [0.15, 0.2) is 30.6 Å². The average Bonchev–Trinajstić information content (AvgIpc) is 2.89. The summed E-state index contributed by atoms with van der Waals surface area (Å²) in [7, 11) is 1.33. The molecule has 0 fully saturated rings. The van der Waals surface area contributed by atoms with Crippen LogP contribution in [0, 0.1) is 6.92 Å². The van der Waals surface area contributed by atoms with Crippen molar-refractivity contribution in [2.75, 3.05) is 7.11 Å². The Hall–Kier alpha value is -2.69. The van der Waals surface area contributed by atoms with E-state index in [1.165, 1.54) is 13.3 Å². The number of nitrogens with zero attached hydrogens (tertiary/aromatic N) is 1. The summed E-state index contributed by atoms with van der Waals surface area (Å²) in [6.45, 7) is 2.22. The van der Waals surface area contributed by atoms with E-state index in [2.05, 4.69) is 4.98 Å². The van der Waals surface area contributed by atoms with Crippen molar-refractivity contribution < 1.29 is 19.1 Å². The minimum Gasteiger partial charge on any atom is -0.465 e. The maximum absolute atomic E-state index is 11.6. The number of ether oxygens (including phenoxy) is 2. The van der Waals surface area contributed by atoms with E-state index < -0.39 is 5.97 Å². The van der Waals surface area contributed by atoms with Crippen LogP contribution in [-0.2, 0) is 16.1 Å². The molecule has 2 heterocycles. The summed E-state index contributed by atoms with van der Waals surface area (Å²) in [6, 6.07) is 5.32. The lowest BCUT2D eigenvalue weighted by Crippen LogP contribution is -2.02. The molecule has 21 heavy (non-hydrogen) atoms. The van der Waals surface area contributed by atoms with Gasteiger partial charge < -0.3 is 9.47 Å². The van der Waals surface area contributed by atoms with Gasteiger partial charge in [-0.25, -0.2) is 9.59 Å². The highest BCUT2D eigenvalue weighted by Crippen LogP contribution is 2.31. The molecular weight excluding hydrogens is 270 g/mol. The van der Waals surface area contributed by atoms with Crippen LogP contribution in [0.4, 0.5) is 0 Å². The second kappa shape index (κ2) is 5.01. The van der Waals surface area contributed by atoms with Gasteiger partial charge >= 0.3 is 11.9 Å². The van der Waals surface area contributed by atoms with Crippen molar-refractivity contribution >= 4 is 11.9 Å². The van der Waals surface area contributed by atoms with Gasteiger partial charge in [-0.15, -0.1) is 0 Å². The van der Waals surface area contributed by atoms with Crippen molar-refractivity contribution in [3.05, 3.63) is 52.8 Å². The number of esters is 2. The van der Waals surface area contributed by atoms with Gasteiger partial charge in [0.1, 0.15) is 6.61 Å². The van der Waals surface area contributed by atoms with Gasteiger partial charge in [-0.1, -0.05) is 6.07 Å². The number of methoxy groups -OCH3 is 1. The zero-order valence-corrected chi connectivity index (χ0v) is 11.7. The molecule has 3 rings (SSSR count). The van der Waals surface area contributed by atoms with E-state index in [9.17, 15) is 9.59 Å². The summed E-state index contributed by atoms with van der Waals surface area (Å²) < 4.78 is 9.75. The monoisotopic (exact) mass is 283 g/mol. The van der Waals surface area contributed by atoms with Gasteiger partial charge in [0.15, 0.2) is 0 Å². The predicted molar refractivity (Wildman–Crippen MR) is 74.9 cm³/mol. The molecule has 0 spiro atoms.